The average Bonchev–Trinajstić information content (AvgIpc) is 2.59. The van der Waals surface area contributed by atoms with Crippen LogP contribution in [0.4, 0.5) is 0 Å². The standard InChI is InChI=1S/C19H23NO3/c1-2-22-19(21)15-20-14-13-18(16-9-5-3-6-10-16)23-17-11-7-4-8-12-17/h3-12,18,20H,2,13-15H2,1H3. The summed E-state index contributed by atoms with van der Waals surface area (Å²) in [6.45, 7) is 3.10. The van der Waals surface area contributed by atoms with Gasteiger partial charge in [0, 0.05) is 6.42 Å². The molecule has 2 rings (SSSR count). The van der Waals surface area contributed by atoms with Crippen molar-refractivity contribution >= 4 is 5.97 Å². The number of benzene rings is 2. The van der Waals surface area contributed by atoms with E-state index in [2.05, 4.69) is 17.4 Å². The zero-order chi connectivity index (χ0) is 16.3. The molecule has 0 spiro atoms. The van der Waals surface area contributed by atoms with Gasteiger partial charge in [0.25, 0.3) is 0 Å². The number of hydrogen-bond acceptors (Lipinski definition) is 4. The third-order valence-corrected chi connectivity index (χ3v) is 3.35. The number of para-hydroxylation sites is 1. The maximum absolute atomic E-state index is 11.3. The first-order valence-electron chi connectivity index (χ1n) is 7.92. The summed E-state index contributed by atoms with van der Waals surface area (Å²) in [5.74, 6) is 0.611. The molecule has 0 aromatic heterocycles. The summed E-state index contributed by atoms with van der Waals surface area (Å²) in [6, 6.07) is 19.9. The van der Waals surface area contributed by atoms with Crippen LogP contribution in [0.3, 0.4) is 0 Å². The van der Waals surface area contributed by atoms with Gasteiger partial charge in [0.1, 0.15) is 11.9 Å². The molecule has 0 aliphatic carbocycles. The first kappa shape index (κ1) is 17.0. The van der Waals surface area contributed by atoms with Crippen LogP contribution in [0, 0.1) is 0 Å². The van der Waals surface area contributed by atoms with Gasteiger partial charge in [-0.15, -0.1) is 0 Å². The van der Waals surface area contributed by atoms with E-state index in [0.29, 0.717) is 13.2 Å². The van der Waals surface area contributed by atoms with E-state index in [9.17, 15) is 4.79 Å². The third-order valence-electron chi connectivity index (χ3n) is 3.35. The smallest absolute Gasteiger partial charge is 0.319 e. The lowest BCUT2D eigenvalue weighted by Crippen LogP contribution is -2.27. The van der Waals surface area contributed by atoms with Gasteiger partial charge in [-0.25, -0.2) is 0 Å². The Hall–Kier alpha value is -2.33. The summed E-state index contributed by atoms with van der Waals surface area (Å²) in [5.41, 5.74) is 1.12. The molecule has 0 heterocycles. The van der Waals surface area contributed by atoms with Crippen molar-refractivity contribution in [3.05, 3.63) is 66.2 Å². The summed E-state index contributed by atoms with van der Waals surface area (Å²) < 4.78 is 11.0. The van der Waals surface area contributed by atoms with E-state index in [1.165, 1.54) is 0 Å². The van der Waals surface area contributed by atoms with Crippen molar-refractivity contribution in [1.82, 2.24) is 5.32 Å². The van der Waals surface area contributed by atoms with Gasteiger partial charge in [0.2, 0.25) is 0 Å². The number of hydrogen-bond donors (Lipinski definition) is 1. The molecule has 0 bridgehead atoms. The molecule has 0 aliphatic rings. The number of carbonyl (C=O) groups is 1. The molecule has 1 atom stereocenters. The van der Waals surface area contributed by atoms with Crippen LogP contribution in [0.1, 0.15) is 25.0 Å². The topological polar surface area (TPSA) is 47.6 Å². The predicted octanol–water partition coefficient (Wildman–Crippen LogP) is 3.35. The minimum Gasteiger partial charge on any atom is -0.486 e. The Labute approximate surface area is 137 Å². The largest absolute Gasteiger partial charge is 0.486 e. The van der Waals surface area contributed by atoms with Crippen LogP contribution in [-0.4, -0.2) is 25.7 Å². The Morgan fingerprint density at radius 3 is 2.35 bits per heavy atom. The van der Waals surface area contributed by atoms with Crippen LogP contribution in [0.15, 0.2) is 60.7 Å². The van der Waals surface area contributed by atoms with Crippen molar-refractivity contribution in [2.75, 3.05) is 19.7 Å². The Balaban J connectivity index is 1.91. The monoisotopic (exact) mass is 313 g/mol. The van der Waals surface area contributed by atoms with Gasteiger partial charge in [0.05, 0.1) is 13.2 Å². The van der Waals surface area contributed by atoms with Crippen LogP contribution in [-0.2, 0) is 9.53 Å². The van der Waals surface area contributed by atoms with Gasteiger partial charge in [0.15, 0.2) is 0 Å². The summed E-state index contributed by atoms with van der Waals surface area (Å²) >= 11 is 0. The minimum absolute atomic E-state index is 0.0618. The molecule has 1 N–H and O–H groups in total. The molecule has 4 heteroatoms. The molecule has 0 amide bonds. The molecule has 1 unspecified atom stereocenters. The van der Waals surface area contributed by atoms with Gasteiger partial charge >= 0.3 is 5.97 Å². The van der Waals surface area contributed by atoms with Gasteiger partial charge in [-0.1, -0.05) is 48.5 Å². The van der Waals surface area contributed by atoms with E-state index in [1.54, 1.807) is 6.92 Å². The highest BCUT2D eigenvalue weighted by molar-refractivity contribution is 5.71. The molecule has 2 aromatic rings. The zero-order valence-corrected chi connectivity index (χ0v) is 13.4. The highest BCUT2D eigenvalue weighted by Gasteiger charge is 2.13. The molecular formula is C19H23NO3. The second-order valence-corrected chi connectivity index (χ2v) is 5.10. The lowest BCUT2D eigenvalue weighted by Gasteiger charge is -2.20. The molecule has 4 nitrogen and oxygen atoms in total. The maximum atomic E-state index is 11.3. The quantitative estimate of drug-likeness (QED) is 0.570. The van der Waals surface area contributed by atoms with Crippen LogP contribution in [0.5, 0.6) is 5.75 Å². The first-order chi connectivity index (χ1) is 11.3. The van der Waals surface area contributed by atoms with Crippen molar-refractivity contribution in [2.24, 2.45) is 0 Å². The van der Waals surface area contributed by atoms with E-state index < -0.39 is 0 Å². The highest BCUT2D eigenvalue weighted by Crippen LogP contribution is 2.24. The lowest BCUT2D eigenvalue weighted by molar-refractivity contribution is -0.142. The van der Waals surface area contributed by atoms with Crippen molar-refractivity contribution in [1.29, 1.82) is 0 Å². The maximum Gasteiger partial charge on any atom is 0.319 e. The molecule has 0 aliphatic heterocycles. The van der Waals surface area contributed by atoms with E-state index in [-0.39, 0.29) is 18.6 Å². The number of ether oxygens (including phenoxy) is 2. The lowest BCUT2D eigenvalue weighted by atomic mass is 10.1. The van der Waals surface area contributed by atoms with E-state index in [4.69, 9.17) is 9.47 Å². The van der Waals surface area contributed by atoms with Crippen molar-refractivity contribution < 1.29 is 14.3 Å². The average molecular weight is 313 g/mol. The van der Waals surface area contributed by atoms with Gasteiger partial charge in [-0.3, -0.25) is 4.79 Å². The summed E-state index contributed by atoms with van der Waals surface area (Å²) in [4.78, 5) is 11.3. The first-order valence-corrected chi connectivity index (χ1v) is 7.92. The fourth-order valence-corrected chi connectivity index (χ4v) is 2.26. The fourth-order valence-electron chi connectivity index (χ4n) is 2.26. The number of rotatable bonds is 9. The van der Waals surface area contributed by atoms with Gasteiger partial charge in [-0.2, -0.15) is 0 Å². The second-order valence-electron chi connectivity index (χ2n) is 5.10. The summed E-state index contributed by atoms with van der Waals surface area (Å²) in [5, 5.41) is 3.10. The van der Waals surface area contributed by atoms with Crippen molar-refractivity contribution in [3.8, 4) is 5.75 Å². The molecule has 0 saturated carbocycles. The third kappa shape index (κ3) is 6.12. The Bertz CT molecular complexity index is 572. The van der Waals surface area contributed by atoms with E-state index in [1.807, 2.05) is 48.5 Å². The van der Waals surface area contributed by atoms with Gasteiger partial charge in [-0.05, 0) is 31.2 Å². The zero-order valence-electron chi connectivity index (χ0n) is 13.4. The van der Waals surface area contributed by atoms with E-state index >= 15 is 0 Å². The molecule has 0 saturated heterocycles. The van der Waals surface area contributed by atoms with Crippen molar-refractivity contribution in [2.45, 2.75) is 19.4 Å². The van der Waals surface area contributed by atoms with E-state index in [0.717, 1.165) is 17.7 Å². The molecule has 0 radical (unpaired) electrons. The molecular weight excluding hydrogens is 290 g/mol. The summed E-state index contributed by atoms with van der Waals surface area (Å²) in [6.07, 6.45) is 0.700. The Kier molecular flexibility index (Phi) is 7.14. The van der Waals surface area contributed by atoms with Gasteiger partial charge < -0.3 is 14.8 Å². The number of esters is 1. The number of nitrogens with one attached hydrogen (secondary N) is 1. The second kappa shape index (κ2) is 9.64. The normalized spacial score (nSPS) is 11.7. The van der Waals surface area contributed by atoms with Crippen LogP contribution in [0.2, 0.25) is 0 Å². The van der Waals surface area contributed by atoms with Crippen LogP contribution >= 0.6 is 0 Å². The van der Waals surface area contributed by atoms with Crippen LogP contribution < -0.4 is 10.1 Å². The molecule has 23 heavy (non-hydrogen) atoms. The molecule has 0 fully saturated rings. The van der Waals surface area contributed by atoms with Crippen LogP contribution in [0.25, 0.3) is 0 Å². The summed E-state index contributed by atoms with van der Waals surface area (Å²) in [7, 11) is 0. The fraction of sp³-hybridized carbons (Fsp3) is 0.316. The Morgan fingerprint density at radius 1 is 1.04 bits per heavy atom. The molecule has 2 aromatic carbocycles. The highest BCUT2D eigenvalue weighted by atomic mass is 16.5. The number of carbonyl (C=O) groups excluding carboxylic acids is 1. The molecule has 122 valence electrons. The van der Waals surface area contributed by atoms with Crippen molar-refractivity contribution in [3.63, 3.8) is 0 Å². The Morgan fingerprint density at radius 2 is 1.70 bits per heavy atom. The predicted molar refractivity (Wildman–Crippen MR) is 90.4 cm³/mol. The SMILES string of the molecule is CCOC(=O)CNCCC(Oc1ccccc1)c1ccccc1. The minimum atomic E-state index is -0.229.